The minimum atomic E-state index is 0. The van der Waals surface area contributed by atoms with E-state index in [0.717, 1.165) is 19.3 Å². The van der Waals surface area contributed by atoms with Crippen LogP contribution in [0, 0.1) is 6.08 Å². The van der Waals surface area contributed by atoms with E-state index in [-0.39, 0.29) is 51.0 Å². The Labute approximate surface area is 117 Å². The Morgan fingerprint density at radius 2 is 2.00 bits per heavy atom. The van der Waals surface area contributed by atoms with Crippen molar-refractivity contribution < 1.29 is 26.2 Å². The monoisotopic (exact) mass is 305 g/mol. The van der Waals surface area contributed by atoms with Gasteiger partial charge in [0.05, 0.1) is 0 Å². The zero-order chi connectivity index (χ0) is 7.52. The summed E-state index contributed by atoms with van der Waals surface area (Å²) in [7, 11) is 0. The Morgan fingerprint density at radius 1 is 1.21 bits per heavy atom. The quantitative estimate of drug-likeness (QED) is 0.681. The van der Waals surface area contributed by atoms with Gasteiger partial charge in [-0.2, -0.15) is 6.08 Å². The van der Waals surface area contributed by atoms with Gasteiger partial charge in [-0.3, -0.25) is 6.08 Å². The van der Waals surface area contributed by atoms with Gasteiger partial charge in [-0.15, -0.1) is 31.2 Å². The number of hydrogen-bond acceptors (Lipinski definition) is 0. The third-order valence-corrected chi connectivity index (χ3v) is 2.03. The van der Waals surface area contributed by atoms with Crippen LogP contribution in [-0.2, 0) is 26.2 Å². The molecule has 0 aromatic carbocycles. The normalized spacial score (nSPS) is 16.3. The number of halogens is 2. The molecule has 0 nitrogen and oxygen atoms in total. The zero-order valence-electron chi connectivity index (χ0n) is 7.82. The van der Waals surface area contributed by atoms with Gasteiger partial charge >= 0.3 is 0 Å². The fourth-order valence-electron chi connectivity index (χ4n) is 1.44. The van der Waals surface area contributed by atoms with Gasteiger partial charge in [0.25, 0.3) is 0 Å². The summed E-state index contributed by atoms with van der Waals surface area (Å²) in [5.41, 5.74) is 2.87. The largest absolute Gasteiger partial charge is 0.269 e. The van der Waals surface area contributed by atoms with Crippen LogP contribution in [0.1, 0.15) is 19.3 Å². The SMILES string of the molecule is Cl.Cl.[C-]1=C(CC2=CC=CC2)C=CC1.[Zr]. The summed E-state index contributed by atoms with van der Waals surface area (Å²) in [5, 5.41) is 0. The fourth-order valence-corrected chi connectivity index (χ4v) is 1.44. The molecular formula is C11H13Cl2Zr-. The van der Waals surface area contributed by atoms with E-state index >= 15 is 0 Å². The molecule has 76 valence electrons. The van der Waals surface area contributed by atoms with Crippen molar-refractivity contribution in [3.05, 3.63) is 47.6 Å². The topological polar surface area (TPSA) is 0 Å². The molecule has 0 bridgehead atoms. The van der Waals surface area contributed by atoms with Crippen molar-refractivity contribution >= 4 is 24.8 Å². The minimum absolute atomic E-state index is 0. The molecule has 0 radical (unpaired) electrons. The second-order valence-corrected chi connectivity index (χ2v) is 2.94. The van der Waals surface area contributed by atoms with Crippen LogP contribution < -0.4 is 0 Å². The molecule has 2 rings (SSSR count). The van der Waals surface area contributed by atoms with Crippen LogP contribution in [0.15, 0.2) is 41.5 Å². The molecule has 0 saturated carbocycles. The third kappa shape index (κ3) is 4.78. The Balaban J connectivity index is 0. The molecule has 0 N–H and O–H groups in total. The second kappa shape index (κ2) is 8.71. The van der Waals surface area contributed by atoms with Crippen molar-refractivity contribution in [3.8, 4) is 0 Å². The van der Waals surface area contributed by atoms with E-state index in [2.05, 4.69) is 36.5 Å². The van der Waals surface area contributed by atoms with Gasteiger partial charge in [0.15, 0.2) is 0 Å². The van der Waals surface area contributed by atoms with Crippen LogP contribution in [0.25, 0.3) is 0 Å². The van der Waals surface area contributed by atoms with Gasteiger partial charge < -0.3 is 0 Å². The van der Waals surface area contributed by atoms with Crippen LogP contribution in [0.3, 0.4) is 0 Å². The molecule has 0 saturated heterocycles. The predicted molar refractivity (Wildman–Crippen MR) is 61.5 cm³/mol. The summed E-state index contributed by atoms with van der Waals surface area (Å²) >= 11 is 0. The van der Waals surface area contributed by atoms with E-state index in [1.165, 1.54) is 11.1 Å². The van der Waals surface area contributed by atoms with Crippen LogP contribution in [0.2, 0.25) is 0 Å². The van der Waals surface area contributed by atoms with Gasteiger partial charge in [0, 0.05) is 26.2 Å². The van der Waals surface area contributed by atoms with E-state index in [9.17, 15) is 0 Å². The Morgan fingerprint density at radius 3 is 2.50 bits per heavy atom. The van der Waals surface area contributed by atoms with E-state index < -0.39 is 0 Å². The molecule has 2 aliphatic carbocycles. The summed E-state index contributed by atoms with van der Waals surface area (Å²) in [5.74, 6) is 0. The average Bonchev–Trinajstić information content (AvgIpc) is 2.60. The minimum Gasteiger partial charge on any atom is -0.269 e. The van der Waals surface area contributed by atoms with Crippen LogP contribution in [0.5, 0.6) is 0 Å². The summed E-state index contributed by atoms with van der Waals surface area (Å²) in [6.07, 6.45) is 17.5. The van der Waals surface area contributed by atoms with Crippen molar-refractivity contribution in [1.82, 2.24) is 0 Å². The van der Waals surface area contributed by atoms with Gasteiger partial charge in [-0.25, -0.2) is 11.6 Å². The molecule has 0 atom stereocenters. The summed E-state index contributed by atoms with van der Waals surface area (Å²) in [4.78, 5) is 0. The third-order valence-electron chi connectivity index (χ3n) is 2.03. The van der Waals surface area contributed by atoms with Gasteiger partial charge in [0.1, 0.15) is 0 Å². The van der Waals surface area contributed by atoms with Crippen molar-refractivity contribution in [2.24, 2.45) is 0 Å². The number of rotatable bonds is 2. The molecule has 2 aliphatic rings. The molecule has 0 unspecified atom stereocenters. The smallest absolute Gasteiger partial charge is 0 e. The van der Waals surface area contributed by atoms with E-state index in [1.807, 2.05) is 0 Å². The zero-order valence-corrected chi connectivity index (χ0v) is 11.9. The number of hydrogen-bond donors (Lipinski definition) is 0. The first-order valence-corrected chi connectivity index (χ1v) is 4.06. The summed E-state index contributed by atoms with van der Waals surface area (Å²) < 4.78 is 0. The van der Waals surface area contributed by atoms with Gasteiger partial charge in [-0.1, -0.05) is 23.8 Å². The molecule has 3 heteroatoms. The molecule has 0 aliphatic heterocycles. The molecule has 0 amide bonds. The van der Waals surface area contributed by atoms with Crippen molar-refractivity contribution in [2.45, 2.75) is 19.3 Å². The fraction of sp³-hybridized carbons (Fsp3) is 0.273. The molecule has 0 spiro atoms. The first-order chi connectivity index (χ1) is 5.45. The molecular weight excluding hydrogens is 294 g/mol. The average molecular weight is 307 g/mol. The maximum atomic E-state index is 3.32. The second-order valence-electron chi connectivity index (χ2n) is 2.94. The first-order valence-electron chi connectivity index (χ1n) is 4.06. The maximum Gasteiger partial charge on any atom is 0 e. The van der Waals surface area contributed by atoms with Crippen LogP contribution >= 0.6 is 24.8 Å². The molecule has 14 heavy (non-hydrogen) atoms. The van der Waals surface area contributed by atoms with Crippen molar-refractivity contribution in [1.29, 1.82) is 0 Å². The predicted octanol–water partition coefficient (Wildman–Crippen LogP) is 3.79. The van der Waals surface area contributed by atoms with E-state index in [1.54, 1.807) is 0 Å². The standard InChI is InChI=1S/C11H11.2ClH.Zr/c1-2-6-10(5-1)9-11-7-3-4-8-11;;;/h1-3,5,7H,4,6,9H2;2*1H;/q-1;;;. The van der Waals surface area contributed by atoms with Crippen LogP contribution in [0.4, 0.5) is 0 Å². The Kier molecular flexibility index (Phi) is 10.5. The maximum absolute atomic E-state index is 3.32. The van der Waals surface area contributed by atoms with Crippen molar-refractivity contribution in [2.75, 3.05) is 0 Å². The molecule has 0 aromatic heterocycles. The molecule has 0 aromatic rings. The summed E-state index contributed by atoms with van der Waals surface area (Å²) in [6, 6.07) is 0. The number of allylic oxidation sites excluding steroid dienone is 8. The summed E-state index contributed by atoms with van der Waals surface area (Å²) in [6.45, 7) is 0. The van der Waals surface area contributed by atoms with E-state index in [4.69, 9.17) is 0 Å². The molecule has 0 fully saturated rings. The van der Waals surface area contributed by atoms with Crippen LogP contribution in [-0.4, -0.2) is 0 Å². The first kappa shape index (κ1) is 16.8. The van der Waals surface area contributed by atoms with E-state index in [0.29, 0.717) is 0 Å². The van der Waals surface area contributed by atoms with Gasteiger partial charge in [-0.05, 0) is 12.8 Å². The Hall–Kier alpha value is 0.423. The van der Waals surface area contributed by atoms with Gasteiger partial charge in [0.2, 0.25) is 0 Å². The Bertz CT molecular complexity index is 275. The molecule has 0 heterocycles. The van der Waals surface area contributed by atoms with Crippen molar-refractivity contribution in [3.63, 3.8) is 0 Å².